The summed E-state index contributed by atoms with van der Waals surface area (Å²) < 4.78 is 0. The minimum Gasteiger partial charge on any atom is -0.480 e. The highest BCUT2D eigenvalue weighted by molar-refractivity contribution is 5.99. The van der Waals surface area contributed by atoms with E-state index >= 15 is 0 Å². The smallest absolute Gasteiger partial charge is 0.327 e. The van der Waals surface area contributed by atoms with Gasteiger partial charge in [-0.3, -0.25) is 14.5 Å². The highest BCUT2D eigenvalue weighted by Crippen LogP contribution is 2.19. The van der Waals surface area contributed by atoms with Crippen molar-refractivity contribution in [3.05, 3.63) is 0 Å². The van der Waals surface area contributed by atoms with Gasteiger partial charge in [-0.2, -0.15) is 0 Å². The van der Waals surface area contributed by atoms with E-state index in [1.165, 1.54) is 128 Å². The van der Waals surface area contributed by atoms with Crippen LogP contribution in [-0.2, 0) is 14.4 Å². The number of imide groups is 1. The van der Waals surface area contributed by atoms with Gasteiger partial charge in [0.05, 0.1) is 0 Å². The summed E-state index contributed by atoms with van der Waals surface area (Å²) in [6.45, 7) is 8.07. The van der Waals surface area contributed by atoms with E-state index in [2.05, 4.69) is 13.8 Å². The van der Waals surface area contributed by atoms with Gasteiger partial charge in [-0.1, -0.05) is 182 Å². The molecule has 0 aromatic heterocycles. The van der Waals surface area contributed by atoms with Gasteiger partial charge >= 0.3 is 5.97 Å². The number of amides is 2. The molecule has 0 saturated carbocycles. The van der Waals surface area contributed by atoms with Crippen molar-refractivity contribution in [3.63, 3.8) is 0 Å². The van der Waals surface area contributed by atoms with Crippen LogP contribution in [0.1, 0.15) is 207 Å². The van der Waals surface area contributed by atoms with Crippen LogP contribution in [0.4, 0.5) is 0 Å². The second-order valence-electron chi connectivity index (χ2n) is 13.2. The number of carboxylic acids is 1. The Morgan fingerprint density at radius 1 is 0.452 bits per heavy atom. The largest absolute Gasteiger partial charge is 0.480 e. The van der Waals surface area contributed by atoms with Gasteiger partial charge in [0.1, 0.15) is 6.04 Å². The van der Waals surface area contributed by atoms with Crippen LogP contribution in [0.15, 0.2) is 0 Å². The lowest BCUT2D eigenvalue weighted by molar-refractivity contribution is -0.160. The van der Waals surface area contributed by atoms with Gasteiger partial charge in [0.15, 0.2) is 0 Å². The summed E-state index contributed by atoms with van der Waals surface area (Å²) in [6.07, 6.45) is 32.5. The fourth-order valence-corrected chi connectivity index (χ4v) is 5.97. The van der Waals surface area contributed by atoms with Crippen LogP contribution in [0, 0.1) is 5.92 Å². The molecule has 0 spiro atoms. The molecule has 0 unspecified atom stereocenters. The second kappa shape index (κ2) is 29.7. The summed E-state index contributed by atoms with van der Waals surface area (Å²) in [5, 5.41) is 9.83. The lowest BCUT2D eigenvalue weighted by Crippen LogP contribution is -2.51. The van der Waals surface area contributed by atoms with Crippen LogP contribution >= 0.6 is 0 Å². The van der Waals surface area contributed by atoms with E-state index in [1.807, 2.05) is 0 Å². The first-order valence-corrected chi connectivity index (χ1v) is 18.4. The number of carbonyl (C=O) groups is 3. The van der Waals surface area contributed by atoms with Crippen molar-refractivity contribution < 1.29 is 19.5 Å². The summed E-state index contributed by atoms with van der Waals surface area (Å²) in [6, 6.07) is -1.08. The van der Waals surface area contributed by atoms with Crippen molar-refractivity contribution in [1.82, 2.24) is 4.90 Å². The van der Waals surface area contributed by atoms with Crippen molar-refractivity contribution in [2.24, 2.45) is 5.92 Å². The molecule has 5 nitrogen and oxygen atoms in total. The Morgan fingerprint density at radius 2 is 0.690 bits per heavy atom. The second-order valence-corrected chi connectivity index (χ2v) is 13.2. The van der Waals surface area contributed by atoms with Gasteiger partial charge in [0.2, 0.25) is 11.8 Å². The van der Waals surface area contributed by atoms with Gasteiger partial charge in [0.25, 0.3) is 0 Å². The molecule has 248 valence electrons. The molecular formula is C37H71NO4. The number of nitrogens with zero attached hydrogens (tertiary/aromatic N) is 1. The normalized spacial score (nSPS) is 12.1. The van der Waals surface area contributed by atoms with Crippen LogP contribution in [0.25, 0.3) is 0 Å². The molecule has 0 aromatic carbocycles. The van der Waals surface area contributed by atoms with Crippen LogP contribution in [0.3, 0.4) is 0 Å². The molecule has 42 heavy (non-hydrogen) atoms. The van der Waals surface area contributed by atoms with E-state index in [0.717, 1.165) is 43.4 Å². The first kappa shape index (κ1) is 40.6. The SMILES string of the molecule is CCCCCCCCCCCCCCCC(=O)N(C(=O)CCCCCCCCCCCCCCC)[C@H](C(=O)O)C(C)C. The van der Waals surface area contributed by atoms with Crippen molar-refractivity contribution in [2.45, 2.75) is 214 Å². The molecular weight excluding hydrogens is 522 g/mol. The summed E-state index contributed by atoms with van der Waals surface area (Å²) in [7, 11) is 0. The maximum Gasteiger partial charge on any atom is 0.327 e. The standard InChI is InChI=1S/C37H71NO4/c1-5-7-9-11-13-15-17-19-21-23-25-27-29-31-34(39)38(36(33(3)4)37(41)42)35(40)32-30-28-26-24-22-20-18-16-14-12-10-8-6-2/h33,36H,5-32H2,1-4H3,(H,41,42)/t36-/m0/s1. The zero-order valence-corrected chi connectivity index (χ0v) is 28.6. The number of rotatable bonds is 31. The average molecular weight is 594 g/mol. The Balaban J connectivity index is 4.22. The van der Waals surface area contributed by atoms with Gasteiger partial charge < -0.3 is 5.11 Å². The first-order chi connectivity index (χ1) is 20.4. The van der Waals surface area contributed by atoms with E-state index in [-0.39, 0.29) is 30.6 Å². The zero-order chi connectivity index (χ0) is 31.3. The van der Waals surface area contributed by atoms with E-state index in [4.69, 9.17) is 0 Å². The van der Waals surface area contributed by atoms with E-state index < -0.39 is 12.0 Å². The first-order valence-electron chi connectivity index (χ1n) is 18.4. The zero-order valence-electron chi connectivity index (χ0n) is 28.6. The Kier molecular flexibility index (Phi) is 28.7. The number of carbonyl (C=O) groups excluding carboxylic acids is 2. The fraction of sp³-hybridized carbons (Fsp3) is 0.919. The number of hydrogen-bond acceptors (Lipinski definition) is 3. The molecule has 0 aliphatic rings. The van der Waals surface area contributed by atoms with Crippen molar-refractivity contribution in [2.75, 3.05) is 0 Å². The van der Waals surface area contributed by atoms with Crippen molar-refractivity contribution >= 4 is 17.8 Å². The van der Waals surface area contributed by atoms with Crippen LogP contribution < -0.4 is 0 Å². The fourth-order valence-electron chi connectivity index (χ4n) is 5.97. The monoisotopic (exact) mass is 594 g/mol. The van der Waals surface area contributed by atoms with Gasteiger partial charge in [-0.15, -0.1) is 0 Å². The van der Waals surface area contributed by atoms with Crippen LogP contribution in [0.5, 0.6) is 0 Å². The van der Waals surface area contributed by atoms with Gasteiger partial charge in [0, 0.05) is 12.8 Å². The number of carboxylic acid groups (broad SMARTS) is 1. The van der Waals surface area contributed by atoms with E-state index in [0.29, 0.717) is 0 Å². The van der Waals surface area contributed by atoms with E-state index in [9.17, 15) is 19.5 Å². The Bertz CT molecular complexity index is 606. The Hall–Kier alpha value is -1.39. The van der Waals surface area contributed by atoms with Crippen LogP contribution in [0.2, 0.25) is 0 Å². The molecule has 0 radical (unpaired) electrons. The lowest BCUT2D eigenvalue weighted by Gasteiger charge is -2.30. The molecule has 2 amide bonds. The number of aliphatic carboxylic acids is 1. The molecule has 0 aliphatic carbocycles. The highest BCUT2D eigenvalue weighted by atomic mass is 16.4. The quantitative estimate of drug-likeness (QED) is 0.0811. The summed E-state index contributed by atoms with van der Waals surface area (Å²) in [5.41, 5.74) is 0. The molecule has 1 N–H and O–H groups in total. The molecule has 0 heterocycles. The van der Waals surface area contributed by atoms with Crippen molar-refractivity contribution in [1.29, 1.82) is 0 Å². The summed E-state index contributed by atoms with van der Waals surface area (Å²) >= 11 is 0. The lowest BCUT2D eigenvalue weighted by atomic mass is 10.00. The third-order valence-corrected chi connectivity index (χ3v) is 8.69. The molecule has 0 rings (SSSR count). The Morgan fingerprint density at radius 3 is 0.905 bits per heavy atom. The molecule has 0 aliphatic heterocycles. The Labute approximate surface area is 261 Å². The molecule has 0 bridgehead atoms. The third kappa shape index (κ3) is 23.1. The molecule has 0 aromatic rings. The number of unbranched alkanes of at least 4 members (excludes halogenated alkanes) is 24. The summed E-state index contributed by atoms with van der Waals surface area (Å²) in [4.78, 5) is 39.4. The predicted molar refractivity (Wildman–Crippen MR) is 179 cm³/mol. The summed E-state index contributed by atoms with van der Waals surface area (Å²) in [5.74, 6) is -2.01. The molecule has 0 fully saturated rings. The number of hydrogen-bond donors (Lipinski definition) is 1. The minimum absolute atomic E-state index is 0.263. The molecule has 1 atom stereocenters. The maximum absolute atomic E-state index is 13.1. The maximum atomic E-state index is 13.1. The average Bonchev–Trinajstić information content (AvgIpc) is 2.95. The highest BCUT2D eigenvalue weighted by Gasteiger charge is 2.36. The third-order valence-electron chi connectivity index (χ3n) is 8.69. The van der Waals surface area contributed by atoms with Crippen molar-refractivity contribution in [3.8, 4) is 0 Å². The minimum atomic E-state index is -1.08. The van der Waals surface area contributed by atoms with Gasteiger partial charge in [-0.25, -0.2) is 4.79 Å². The van der Waals surface area contributed by atoms with Crippen LogP contribution in [-0.4, -0.2) is 33.8 Å². The predicted octanol–water partition coefficient (Wildman–Crippen LogP) is 11.4. The van der Waals surface area contributed by atoms with Gasteiger partial charge in [-0.05, 0) is 18.8 Å². The molecule has 5 heteroatoms. The molecule has 0 saturated heterocycles. The topological polar surface area (TPSA) is 74.7 Å². The van der Waals surface area contributed by atoms with E-state index in [1.54, 1.807) is 13.8 Å².